The van der Waals surface area contributed by atoms with E-state index in [1.54, 1.807) is 12.1 Å². The van der Waals surface area contributed by atoms with Crippen LogP contribution in [-0.2, 0) is 11.3 Å². The van der Waals surface area contributed by atoms with Gasteiger partial charge in [0, 0.05) is 10.7 Å². The number of hydrogen-bond donors (Lipinski definition) is 1. The molecule has 0 aliphatic carbocycles. The van der Waals surface area contributed by atoms with Crippen molar-refractivity contribution in [2.24, 2.45) is 0 Å². The van der Waals surface area contributed by atoms with Crippen LogP contribution in [0.5, 0.6) is 0 Å². The Morgan fingerprint density at radius 3 is 2.76 bits per heavy atom. The lowest BCUT2D eigenvalue weighted by Crippen LogP contribution is -2.28. The maximum atomic E-state index is 12.7. The van der Waals surface area contributed by atoms with Crippen LogP contribution in [0, 0.1) is 13.8 Å². The van der Waals surface area contributed by atoms with E-state index in [9.17, 15) is 9.59 Å². The van der Waals surface area contributed by atoms with Gasteiger partial charge in [-0.25, -0.2) is 4.98 Å². The molecule has 0 aliphatic heterocycles. The van der Waals surface area contributed by atoms with Gasteiger partial charge in [0.15, 0.2) is 11.2 Å². The van der Waals surface area contributed by atoms with E-state index in [1.165, 1.54) is 15.6 Å². The van der Waals surface area contributed by atoms with E-state index >= 15 is 0 Å². The molecule has 0 atom stereocenters. The van der Waals surface area contributed by atoms with Crippen molar-refractivity contribution < 1.29 is 4.79 Å². The van der Waals surface area contributed by atoms with Crippen LogP contribution in [0.3, 0.4) is 0 Å². The van der Waals surface area contributed by atoms with Gasteiger partial charge in [0.05, 0.1) is 5.69 Å². The second-order valence-corrected chi connectivity index (χ2v) is 7.11. The Bertz CT molecular complexity index is 1290. The third-order valence-electron chi connectivity index (χ3n) is 4.45. The number of aryl methyl sites for hydroxylation is 2. The molecule has 2 aromatic carbocycles. The SMILES string of the molecule is Cc1cccc(NC(=O)Cn2cnc3c(nnn3-c3ccc(C)c(Cl)c3)c2=O)c1. The van der Waals surface area contributed by atoms with E-state index in [2.05, 4.69) is 20.6 Å². The fourth-order valence-electron chi connectivity index (χ4n) is 2.92. The number of rotatable bonds is 4. The lowest BCUT2D eigenvalue weighted by atomic mass is 10.2. The zero-order chi connectivity index (χ0) is 20.5. The van der Waals surface area contributed by atoms with Gasteiger partial charge < -0.3 is 5.32 Å². The quantitative estimate of drug-likeness (QED) is 0.560. The average Bonchev–Trinajstić information content (AvgIpc) is 3.11. The van der Waals surface area contributed by atoms with Gasteiger partial charge in [0.1, 0.15) is 12.9 Å². The summed E-state index contributed by atoms with van der Waals surface area (Å²) in [4.78, 5) is 29.3. The summed E-state index contributed by atoms with van der Waals surface area (Å²) in [6.07, 6.45) is 1.32. The second-order valence-electron chi connectivity index (χ2n) is 6.70. The van der Waals surface area contributed by atoms with E-state index in [1.807, 2.05) is 44.2 Å². The first-order valence-corrected chi connectivity index (χ1v) is 9.24. The van der Waals surface area contributed by atoms with Crippen molar-refractivity contribution in [2.45, 2.75) is 20.4 Å². The molecular weight excluding hydrogens is 392 g/mol. The van der Waals surface area contributed by atoms with Gasteiger partial charge in [0.2, 0.25) is 5.91 Å². The Hall–Kier alpha value is -3.52. The number of carbonyl (C=O) groups is 1. The Morgan fingerprint density at radius 1 is 1.17 bits per heavy atom. The third-order valence-corrected chi connectivity index (χ3v) is 4.85. The third kappa shape index (κ3) is 3.74. The summed E-state index contributed by atoms with van der Waals surface area (Å²) in [6.45, 7) is 3.64. The molecule has 0 bridgehead atoms. The molecule has 0 radical (unpaired) electrons. The summed E-state index contributed by atoms with van der Waals surface area (Å²) in [7, 11) is 0. The number of anilines is 1. The first-order chi connectivity index (χ1) is 13.9. The summed E-state index contributed by atoms with van der Waals surface area (Å²) >= 11 is 6.18. The molecule has 8 nitrogen and oxygen atoms in total. The van der Waals surface area contributed by atoms with Crippen molar-refractivity contribution in [1.82, 2.24) is 24.5 Å². The molecular formula is C20H17ClN6O2. The number of halogens is 1. The van der Waals surface area contributed by atoms with Crippen molar-refractivity contribution in [2.75, 3.05) is 5.32 Å². The fourth-order valence-corrected chi connectivity index (χ4v) is 3.10. The molecule has 9 heteroatoms. The zero-order valence-corrected chi connectivity index (χ0v) is 16.5. The molecule has 0 saturated heterocycles. The first-order valence-electron chi connectivity index (χ1n) is 8.86. The number of benzene rings is 2. The van der Waals surface area contributed by atoms with Gasteiger partial charge in [0.25, 0.3) is 5.56 Å². The summed E-state index contributed by atoms with van der Waals surface area (Å²) in [5, 5.41) is 11.3. The molecule has 0 unspecified atom stereocenters. The molecule has 4 aromatic rings. The largest absolute Gasteiger partial charge is 0.325 e. The Labute approximate surface area is 170 Å². The Morgan fingerprint density at radius 2 is 2.00 bits per heavy atom. The van der Waals surface area contributed by atoms with Crippen molar-refractivity contribution >= 4 is 34.4 Å². The molecule has 29 heavy (non-hydrogen) atoms. The highest BCUT2D eigenvalue weighted by Crippen LogP contribution is 2.20. The molecule has 2 aromatic heterocycles. The number of carbonyl (C=O) groups excluding carboxylic acids is 1. The molecule has 1 amide bonds. The summed E-state index contributed by atoms with van der Waals surface area (Å²) in [5.74, 6) is -0.337. The van der Waals surface area contributed by atoms with Crippen LogP contribution >= 0.6 is 11.6 Å². The minimum atomic E-state index is -0.446. The number of nitrogens with zero attached hydrogens (tertiary/aromatic N) is 5. The van der Waals surface area contributed by atoms with Crippen molar-refractivity contribution in [1.29, 1.82) is 0 Å². The highest BCUT2D eigenvalue weighted by molar-refractivity contribution is 6.31. The average molecular weight is 409 g/mol. The summed E-state index contributed by atoms with van der Waals surface area (Å²) < 4.78 is 2.65. The molecule has 0 fully saturated rings. The normalized spacial score (nSPS) is 11.0. The molecule has 2 heterocycles. The van der Waals surface area contributed by atoms with Gasteiger partial charge in [-0.1, -0.05) is 35.0 Å². The van der Waals surface area contributed by atoms with E-state index in [0.29, 0.717) is 22.0 Å². The predicted octanol–water partition coefficient (Wildman–Crippen LogP) is 2.89. The monoisotopic (exact) mass is 408 g/mol. The molecule has 0 saturated carbocycles. The van der Waals surface area contributed by atoms with E-state index in [4.69, 9.17) is 11.6 Å². The smallest absolute Gasteiger partial charge is 0.284 e. The number of fused-ring (bicyclic) bond motifs is 1. The number of hydrogen-bond acceptors (Lipinski definition) is 5. The van der Waals surface area contributed by atoms with E-state index in [-0.39, 0.29) is 18.0 Å². The van der Waals surface area contributed by atoms with Crippen LogP contribution in [0.1, 0.15) is 11.1 Å². The maximum Gasteiger partial charge on any atom is 0.284 e. The molecule has 0 spiro atoms. The van der Waals surface area contributed by atoms with Gasteiger partial charge in [-0.15, -0.1) is 5.10 Å². The standard InChI is InChI=1S/C20H17ClN6O2/c1-12-4-3-5-14(8-12)23-17(28)10-26-11-22-19-18(20(26)29)24-25-27(19)15-7-6-13(2)16(21)9-15/h3-9,11H,10H2,1-2H3,(H,23,28). The minimum absolute atomic E-state index is 0.0764. The van der Waals surface area contributed by atoms with Gasteiger partial charge >= 0.3 is 0 Å². The Kier molecular flexibility index (Phi) is 4.85. The van der Waals surface area contributed by atoms with E-state index in [0.717, 1.165) is 11.1 Å². The summed E-state index contributed by atoms with van der Waals surface area (Å²) in [5.41, 5.74) is 3.19. The molecule has 146 valence electrons. The van der Waals surface area contributed by atoms with Crippen molar-refractivity contribution in [3.05, 3.63) is 75.3 Å². The van der Waals surface area contributed by atoms with E-state index < -0.39 is 5.56 Å². The lowest BCUT2D eigenvalue weighted by molar-refractivity contribution is -0.116. The fraction of sp³-hybridized carbons (Fsp3) is 0.150. The topological polar surface area (TPSA) is 94.7 Å². The highest BCUT2D eigenvalue weighted by Gasteiger charge is 2.15. The van der Waals surface area contributed by atoms with Crippen LogP contribution in [0.4, 0.5) is 5.69 Å². The van der Waals surface area contributed by atoms with Crippen LogP contribution in [0.25, 0.3) is 16.9 Å². The number of nitrogens with one attached hydrogen (secondary N) is 1. The number of aromatic nitrogens is 5. The van der Waals surface area contributed by atoms with Crippen LogP contribution in [0.15, 0.2) is 53.6 Å². The molecule has 0 aliphatic rings. The number of amides is 1. The predicted molar refractivity (Wildman–Crippen MR) is 110 cm³/mol. The summed E-state index contributed by atoms with van der Waals surface area (Å²) in [6, 6.07) is 12.8. The molecule has 1 N–H and O–H groups in total. The second kappa shape index (κ2) is 7.48. The van der Waals surface area contributed by atoms with Crippen LogP contribution in [0.2, 0.25) is 5.02 Å². The van der Waals surface area contributed by atoms with Gasteiger partial charge in [-0.3, -0.25) is 14.2 Å². The molecule has 4 rings (SSSR count). The zero-order valence-electron chi connectivity index (χ0n) is 15.8. The highest BCUT2D eigenvalue weighted by atomic mass is 35.5. The first kappa shape index (κ1) is 18.8. The maximum absolute atomic E-state index is 12.7. The van der Waals surface area contributed by atoms with Gasteiger partial charge in [-0.2, -0.15) is 4.68 Å². The van der Waals surface area contributed by atoms with Crippen molar-refractivity contribution in [3.63, 3.8) is 0 Å². The van der Waals surface area contributed by atoms with Crippen molar-refractivity contribution in [3.8, 4) is 5.69 Å². The van der Waals surface area contributed by atoms with Gasteiger partial charge in [-0.05, 0) is 49.2 Å². The van der Waals surface area contributed by atoms with Crippen LogP contribution < -0.4 is 10.9 Å². The van der Waals surface area contributed by atoms with Crippen LogP contribution in [-0.4, -0.2) is 30.5 Å². The lowest BCUT2D eigenvalue weighted by Gasteiger charge is -2.08. The minimum Gasteiger partial charge on any atom is -0.325 e. The Balaban J connectivity index is 1.62.